The first kappa shape index (κ1) is 17.9. The Hall–Kier alpha value is -2.45. The number of benzene rings is 1. The Kier molecular flexibility index (Phi) is 5.35. The maximum atomic E-state index is 5.35. The second-order valence-corrected chi connectivity index (χ2v) is 7.52. The average Bonchev–Trinajstić information content (AvgIpc) is 3.28. The van der Waals surface area contributed by atoms with Crippen molar-refractivity contribution < 1.29 is 9.47 Å². The van der Waals surface area contributed by atoms with Gasteiger partial charge in [-0.15, -0.1) is 10.2 Å². The van der Waals surface area contributed by atoms with Gasteiger partial charge in [0.25, 0.3) is 0 Å². The van der Waals surface area contributed by atoms with E-state index in [0.29, 0.717) is 5.75 Å². The number of nitrogens with zero attached hydrogens (tertiary/aromatic N) is 5. The molecule has 27 heavy (non-hydrogen) atoms. The summed E-state index contributed by atoms with van der Waals surface area (Å²) in [4.78, 5) is 3.26. The van der Waals surface area contributed by atoms with Crippen LogP contribution in [0.4, 0.5) is 0 Å². The molecule has 2 aromatic heterocycles. The lowest BCUT2D eigenvalue weighted by Crippen LogP contribution is -2.30. The zero-order chi connectivity index (χ0) is 18.6. The van der Waals surface area contributed by atoms with Crippen LogP contribution in [0.1, 0.15) is 35.7 Å². The summed E-state index contributed by atoms with van der Waals surface area (Å²) in [6, 6.07) is 5.82. The highest BCUT2D eigenvalue weighted by atomic mass is 32.1. The van der Waals surface area contributed by atoms with Crippen molar-refractivity contribution in [2.75, 3.05) is 27.3 Å². The summed E-state index contributed by atoms with van der Waals surface area (Å²) in [6.45, 7) is 3.07. The molecule has 0 atom stereocenters. The third kappa shape index (κ3) is 3.96. The molecule has 0 radical (unpaired) electrons. The molecule has 0 N–H and O–H groups in total. The van der Waals surface area contributed by atoms with Gasteiger partial charge < -0.3 is 9.47 Å². The van der Waals surface area contributed by atoms with E-state index in [-0.39, 0.29) is 0 Å². The second kappa shape index (κ2) is 8.06. The monoisotopic (exact) mass is 385 g/mol. The zero-order valence-corrected chi connectivity index (χ0v) is 16.4. The third-order valence-electron chi connectivity index (χ3n) is 4.71. The van der Waals surface area contributed by atoms with Crippen LogP contribution < -0.4 is 9.47 Å². The summed E-state index contributed by atoms with van der Waals surface area (Å²) in [5.41, 5.74) is 1.02. The molecule has 142 valence electrons. The van der Waals surface area contributed by atoms with E-state index >= 15 is 0 Å². The number of hydrogen-bond acceptors (Lipinski definition) is 7. The number of ether oxygens (including phenoxy) is 2. The van der Waals surface area contributed by atoms with E-state index in [9.17, 15) is 0 Å². The molecular formula is C19H23N5O2S. The Morgan fingerprint density at radius 2 is 1.85 bits per heavy atom. The van der Waals surface area contributed by atoms with Gasteiger partial charge in [-0.2, -0.15) is 9.61 Å². The van der Waals surface area contributed by atoms with Crippen LogP contribution in [-0.2, 0) is 6.54 Å². The average molecular weight is 385 g/mol. The van der Waals surface area contributed by atoms with E-state index in [2.05, 4.69) is 20.2 Å². The van der Waals surface area contributed by atoms with Crippen LogP contribution in [-0.4, -0.2) is 52.0 Å². The van der Waals surface area contributed by atoms with E-state index in [1.807, 2.05) is 34.9 Å². The molecule has 8 heteroatoms. The van der Waals surface area contributed by atoms with Gasteiger partial charge in [0, 0.05) is 0 Å². The van der Waals surface area contributed by atoms with E-state index in [0.717, 1.165) is 46.7 Å². The van der Waals surface area contributed by atoms with E-state index < -0.39 is 0 Å². The first-order valence-electron chi connectivity index (χ1n) is 9.10. The molecule has 0 spiro atoms. The largest absolute Gasteiger partial charge is 0.493 e. The van der Waals surface area contributed by atoms with Crippen LogP contribution in [0, 0.1) is 0 Å². The van der Waals surface area contributed by atoms with Gasteiger partial charge in [-0.05, 0) is 49.7 Å². The van der Waals surface area contributed by atoms with Gasteiger partial charge in [-0.25, -0.2) is 0 Å². The van der Waals surface area contributed by atoms with Gasteiger partial charge in [0.2, 0.25) is 4.96 Å². The van der Waals surface area contributed by atoms with Crippen LogP contribution in [0.2, 0.25) is 0 Å². The maximum Gasteiger partial charge on any atom is 0.235 e. The second-order valence-electron chi connectivity index (χ2n) is 6.54. The highest BCUT2D eigenvalue weighted by Gasteiger charge is 2.16. The smallest absolute Gasteiger partial charge is 0.235 e. The Morgan fingerprint density at radius 1 is 1.04 bits per heavy atom. The number of likely N-dealkylation sites (tertiary alicyclic amines) is 1. The fourth-order valence-electron chi connectivity index (χ4n) is 3.28. The lowest BCUT2D eigenvalue weighted by molar-refractivity contribution is 0.214. The number of rotatable bonds is 6. The quantitative estimate of drug-likeness (QED) is 0.648. The Bertz CT molecular complexity index is 943. The van der Waals surface area contributed by atoms with Crippen molar-refractivity contribution in [1.82, 2.24) is 24.7 Å². The SMILES string of the molecule is COc1ccc(/C=C/c2nn3c(CN4CCCCC4)nnc3s2)cc1OC. The molecule has 1 aliphatic rings. The van der Waals surface area contributed by atoms with Gasteiger partial charge in [-0.1, -0.05) is 29.9 Å². The zero-order valence-electron chi connectivity index (χ0n) is 15.6. The standard InChI is InChI=1S/C19H23N5O2S/c1-25-15-8-6-14(12-16(15)26-2)7-9-18-22-24-17(20-21-19(24)27-18)13-23-10-4-3-5-11-23/h6-9,12H,3-5,10-11,13H2,1-2H3/b9-7+. The normalized spacial score (nSPS) is 15.6. The first-order chi connectivity index (χ1) is 13.3. The predicted molar refractivity (Wildman–Crippen MR) is 106 cm³/mol. The molecule has 1 fully saturated rings. The molecule has 4 rings (SSSR count). The molecule has 0 aliphatic carbocycles. The van der Waals surface area contributed by atoms with Gasteiger partial charge in [0.1, 0.15) is 5.01 Å². The Labute approximate surface area is 162 Å². The molecule has 1 saturated heterocycles. The van der Waals surface area contributed by atoms with Crippen molar-refractivity contribution in [2.24, 2.45) is 0 Å². The van der Waals surface area contributed by atoms with Crippen molar-refractivity contribution in [3.8, 4) is 11.5 Å². The molecular weight excluding hydrogens is 362 g/mol. The van der Waals surface area contributed by atoms with Gasteiger partial charge in [0.05, 0.1) is 20.8 Å². The number of methoxy groups -OCH3 is 2. The molecule has 0 saturated carbocycles. The lowest BCUT2D eigenvalue weighted by Gasteiger charge is -2.25. The van der Waals surface area contributed by atoms with Gasteiger partial charge in [0.15, 0.2) is 17.3 Å². The highest BCUT2D eigenvalue weighted by molar-refractivity contribution is 7.17. The predicted octanol–water partition coefficient (Wildman–Crippen LogP) is 3.36. The maximum absolute atomic E-state index is 5.35. The van der Waals surface area contributed by atoms with Crippen molar-refractivity contribution in [3.05, 3.63) is 34.6 Å². The van der Waals surface area contributed by atoms with E-state index in [1.54, 1.807) is 14.2 Å². The molecule has 7 nitrogen and oxygen atoms in total. The van der Waals surface area contributed by atoms with E-state index in [1.165, 1.54) is 30.6 Å². The minimum atomic E-state index is 0.710. The summed E-state index contributed by atoms with van der Waals surface area (Å²) in [5, 5.41) is 14.2. The van der Waals surface area contributed by atoms with Gasteiger partial charge in [-0.3, -0.25) is 4.90 Å². The fourth-order valence-corrected chi connectivity index (χ4v) is 4.04. The van der Waals surface area contributed by atoms with Crippen LogP contribution in [0.5, 0.6) is 11.5 Å². The molecule has 0 bridgehead atoms. The number of piperidine rings is 1. The van der Waals surface area contributed by atoms with Crippen molar-refractivity contribution in [3.63, 3.8) is 0 Å². The first-order valence-corrected chi connectivity index (χ1v) is 9.92. The highest BCUT2D eigenvalue weighted by Crippen LogP contribution is 2.28. The molecule has 0 unspecified atom stereocenters. The molecule has 1 aliphatic heterocycles. The molecule has 0 amide bonds. The van der Waals surface area contributed by atoms with Crippen molar-refractivity contribution in [1.29, 1.82) is 0 Å². The summed E-state index contributed by atoms with van der Waals surface area (Å²) in [6.07, 6.45) is 7.85. The molecule has 3 heterocycles. The van der Waals surface area contributed by atoms with Crippen LogP contribution in [0.25, 0.3) is 17.1 Å². The molecule has 3 aromatic rings. The Morgan fingerprint density at radius 3 is 2.63 bits per heavy atom. The summed E-state index contributed by atoms with van der Waals surface area (Å²) < 4.78 is 12.5. The Balaban J connectivity index is 1.51. The summed E-state index contributed by atoms with van der Waals surface area (Å²) in [7, 11) is 3.27. The minimum absolute atomic E-state index is 0.710. The number of aromatic nitrogens is 4. The third-order valence-corrected chi connectivity index (χ3v) is 5.57. The van der Waals surface area contributed by atoms with E-state index in [4.69, 9.17) is 9.47 Å². The fraction of sp³-hybridized carbons (Fsp3) is 0.421. The van der Waals surface area contributed by atoms with Crippen LogP contribution in [0.15, 0.2) is 18.2 Å². The lowest BCUT2D eigenvalue weighted by atomic mass is 10.1. The van der Waals surface area contributed by atoms with Crippen LogP contribution in [0.3, 0.4) is 0 Å². The van der Waals surface area contributed by atoms with Crippen LogP contribution >= 0.6 is 11.3 Å². The van der Waals surface area contributed by atoms with Crippen molar-refractivity contribution >= 4 is 28.4 Å². The molecule has 1 aromatic carbocycles. The van der Waals surface area contributed by atoms with Crippen molar-refractivity contribution in [2.45, 2.75) is 25.8 Å². The number of hydrogen-bond donors (Lipinski definition) is 0. The minimum Gasteiger partial charge on any atom is -0.493 e. The summed E-state index contributed by atoms with van der Waals surface area (Å²) >= 11 is 1.53. The topological polar surface area (TPSA) is 64.8 Å². The number of fused-ring (bicyclic) bond motifs is 1. The summed E-state index contributed by atoms with van der Waals surface area (Å²) in [5.74, 6) is 2.34. The van der Waals surface area contributed by atoms with Gasteiger partial charge >= 0.3 is 0 Å².